The third-order valence-corrected chi connectivity index (χ3v) is 5.26. The van der Waals surface area contributed by atoms with Crippen molar-refractivity contribution in [3.8, 4) is 0 Å². The molecule has 0 atom stereocenters. The van der Waals surface area contributed by atoms with Crippen LogP contribution in [0.5, 0.6) is 0 Å². The number of piperidine rings is 1. The summed E-state index contributed by atoms with van der Waals surface area (Å²) in [7, 11) is 0. The van der Waals surface area contributed by atoms with E-state index in [0.717, 1.165) is 35.6 Å². The van der Waals surface area contributed by atoms with Crippen LogP contribution in [0.3, 0.4) is 0 Å². The second-order valence-corrected chi connectivity index (χ2v) is 9.39. The number of aryl methyl sites for hydroxylation is 2. The van der Waals surface area contributed by atoms with Gasteiger partial charge in [-0.1, -0.05) is 12.1 Å². The Bertz CT molecular complexity index is 822. The van der Waals surface area contributed by atoms with Crippen LogP contribution in [0.2, 0.25) is 0 Å². The molecule has 0 bridgehead atoms. The van der Waals surface area contributed by atoms with Crippen LogP contribution in [0.1, 0.15) is 57.6 Å². The van der Waals surface area contributed by atoms with E-state index in [1.165, 1.54) is 0 Å². The molecule has 1 aromatic heterocycles. The van der Waals surface area contributed by atoms with E-state index in [9.17, 15) is 4.79 Å². The van der Waals surface area contributed by atoms with Gasteiger partial charge < -0.3 is 20.0 Å². The summed E-state index contributed by atoms with van der Waals surface area (Å²) in [5.74, 6) is 1.67. The Hall–Kier alpha value is -2.27. The monoisotopic (exact) mass is 383 g/mol. The lowest BCUT2D eigenvalue weighted by Gasteiger charge is -2.49. The number of amides is 2. The van der Waals surface area contributed by atoms with Gasteiger partial charge in [0.1, 0.15) is 11.5 Å². The molecular weight excluding hydrogens is 350 g/mol. The Balaban J connectivity index is 1.86. The largest absolute Gasteiger partial charge is 0.464 e. The lowest BCUT2D eigenvalue weighted by atomic mass is 9.79. The van der Waals surface area contributed by atoms with Gasteiger partial charge in [-0.2, -0.15) is 0 Å². The van der Waals surface area contributed by atoms with E-state index in [2.05, 4.69) is 38.3 Å². The van der Waals surface area contributed by atoms with Crippen molar-refractivity contribution >= 4 is 11.7 Å². The van der Waals surface area contributed by atoms with Gasteiger partial charge in [-0.25, -0.2) is 4.79 Å². The van der Waals surface area contributed by atoms with Crippen molar-refractivity contribution in [1.82, 2.24) is 10.2 Å². The first kappa shape index (κ1) is 20.5. The zero-order chi connectivity index (χ0) is 20.5. The molecule has 1 fully saturated rings. The third-order valence-electron chi connectivity index (χ3n) is 5.26. The minimum absolute atomic E-state index is 0.0483. The SMILES string of the molecule is Cc1cccc(NC(=O)N(Cc2ccc(C)o2)C2CC(C)(C)NC(C)(C)C2)c1. The van der Waals surface area contributed by atoms with Crippen molar-refractivity contribution in [2.75, 3.05) is 5.32 Å². The fourth-order valence-corrected chi connectivity index (χ4v) is 4.51. The number of nitrogens with zero attached hydrogens (tertiary/aromatic N) is 1. The molecule has 2 aromatic rings. The van der Waals surface area contributed by atoms with Crippen molar-refractivity contribution in [3.05, 3.63) is 53.5 Å². The molecule has 1 aromatic carbocycles. The molecule has 0 unspecified atom stereocenters. The summed E-state index contributed by atoms with van der Waals surface area (Å²) >= 11 is 0. The summed E-state index contributed by atoms with van der Waals surface area (Å²) in [6, 6.07) is 11.8. The first-order valence-electron chi connectivity index (χ1n) is 10.0. The normalized spacial score (nSPS) is 18.6. The molecule has 2 amide bonds. The molecule has 0 aliphatic carbocycles. The number of carbonyl (C=O) groups is 1. The standard InChI is InChI=1S/C23H33N3O2/c1-16-8-7-9-18(12-16)24-21(27)26(15-20-11-10-17(2)28-20)19-13-22(3,4)25-23(5,6)14-19/h7-12,19,25H,13-15H2,1-6H3,(H,24,27). The van der Waals surface area contributed by atoms with Crippen molar-refractivity contribution in [2.24, 2.45) is 0 Å². The summed E-state index contributed by atoms with van der Waals surface area (Å²) in [4.78, 5) is 15.2. The molecule has 5 heteroatoms. The first-order valence-corrected chi connectivity index (χ1v) is 10.0. The highest BCUT2D eigenvalue weighted by Gasteiger charge is 2.41. The van der Waals surface area contributed by atoms with E-state index in [4.69, 9.17) is 4.42 Å². The summed E-state index contributed by atoms with van der Waals surface area (Å²) in [5.41, 5.74) is 1.84. The molecule has 0 spiro atoms. The van der Waals surface area contributed by atoms with Gasteiger partial charge in [0.2, 0.25) is 0 Å². The molecule has 28 heavy (non-hydrogen) atoms. The molecule has 3 rings (SSSR count). The lowest BCUT2D eigenvalue weighted by molar-refractivity contribution is 0.0801. The summed E-state index contributed by atoms with van der Waals surface area (Å²) in [6.45, 7) is 13.2. The Morgan fingerprint density at radius 1 is 1.14 bits per heavy atom. The first-order chi connectivity index (χ1) is 13.0. The second kappa shape index (κ2) is 7.63. The van der Waals surface area contributed by atoms with Crippen LogP contribution >= 0.6 is 0 Å². The summed E-state index contributed by atoms with van der Waals surface area (Å²) in [5, 5.41) is 6.79. The lowest BCUT2D eigenvalue weighted by Crippen LogP contribution is -2.63. The number of rotatable bonds is 4. The Kier molecular flexibility index (Phi) is 5.57. The molecule has 2 N–H and O–H groups in total. The zero-order valence-electron chi connectivity index (χ0n) is 17.9. The molecule has 5 nitrogen and oxygen atoms in total. The number of furan rings is 1. The molecule has 1 aliphatic heterocycles. The van der Waals surface area contributed by atoms with Crippen LogP contribution < -0.4 is 10.6 Å². The minimum Gasteiger partial charge on any atom is -0.464 e. The highest BCUT2D eigenvalue weighted by atomic mass is 16.3. The van der Waals surface area contributed by atoms with E-state index in [0.29, 0.717) is 6.54 Å². The molecule has 0 radical (unpaired) electrons. The summed E-state index contributed by atoms with van der Waals surface area (Å²) < 4.78 is 5.79. The maximum absolute atomic E-state index is 13.3. The zero-order valence-corrected chi connectivity index (χ0v) is 17.9. The smallest absolute Gasteiger partial charge is 0.322 e. The van der Waals surface area contributed by atoms with Gasteiger partial charge in [0.05, 0.1) is 6.54 Å². The average Bonchev–Trinajstić information content (AvgIpc) is 2.94. The molecule has 2 heterocycles. The van der Waals surface area contributed by atoms with E-state index >= 15 is 0 Å². The van der Waals surface area contributed by atoms with Crippen molar-refractivity contribution < 1.29 is 9.21 Å². The van der Waals surface area contributed by atoms with Gasteiger partial charge in [0, 0.05) is 22.8 Å². The number of carbonyl (C=O) groups excluding carboxylic acids is 1. The van der Waals surface area contributed by atoms with E-state index in [1.807, 2.05) is 55.1 Å². The highest BCUT2D eigenvalue weighted by Crippen LogP contribution is 2.33. The van der Waals surface area contributed by atoms with E-state index in [-0.39, 0.29) is 23.2 Å². The van der Waals surface area contributed by atoms with E-state index < -0.39 is 0 Å². The molecular formula is C23H33N3O2. The maximum Gasteiger partial charge on any atom is 0.322 e. The predicted octanol–water partition coefficient (Wildman–Crippen LogP) is 5.24. The van der Waals surface area contributed by atoms with Gasteiger partial charge in [-0.15, -0.1) is 0 Å². The average molecular weight is 384 g/mol. The van der Waals surface area contributed by atoms with Crippen molar-refractivity contribution in [1.29, 1.82) is 0 Å². The van der Waals surface area contributed by atoms with Gasteiger partial charge in [0.25, 0.3) is 0 Å². The fraction of sp³-hybridized carbons (Fsp3) is 0.522. The quantitative estimate of drug-likeness (QED) is 0.759. The number of anilines is 1. The Labute approximate surface area is 168 Å². The minimum atomic E-state index is -0.0850. The number of urea groups is 1. The topological polar surface area (TPSA) is 57.5 Å². The van der Waals surface area contributed by atoms with Crippen LogP contribution in [0.15, 0.2) is 40.8 Å². The highest BCUT2D eigenvalue weighted by molar-refractivity contribution is 5.89. The molecule has 152 valence electrons. The number of benzene rings is 1. The number of hydrogen-bond acceptors (Lipinski definition) is 3. The van der Waals surface area contributed by atoms with Gasteiger partial charge in [-0.05, 0) is 84.2 Å². The Morgan fingerprint density at radius 2 is 1.82 bits per heavy atom. The summed E-state index contributed by atoms with van der Waals surface area (Å²) in [6.07, 6.45) is 1.77. The Morgan fingerprint density at radius 3 is 2.39 bits per heavy atom. The molecule has 0 saturated carbocycles. The van der Waals surface area contributed by atoms with Crippen LogP contribution in [0, 0.1) is 13.8 Å². The van der Waals surface area contributed by atoms with Gasteiger partial charge in [-0.3, -0.25) is 0 Å². The van der Waals surface area contributed by atoms with E-state index in [1.54, 1.807) is 0 Å². The molecule has 1 saturated heterocycles. The fourth-order valence-electron chi connectivity index (χ4n) is 4.51. The van der Waals surface area contributed by atoms with Crippen molar-refractivity contribution in [3.63, 3.8) is 0 Å². The molecule has 1 aliphatic rings. The van der Waals surface area contributed by atoms with Crippen LogP contribution in [0.25, 0.3) is 0 Å². The number of nitrogens with one attached hydrogen (secondary N) is 2. The second-order valence-electron chi connectivity index (χ2n) is 9.39. The number of hydrogen-bond donors (Lipinski definition) is 2. The van der Waals surface area contributed by atoms with Crippen LogP contribution in [-0.2, 0) is 6.54 Å². The van der Waals surface area contributed by atoms with Gasteiger partial charge in [0.15, 0.2) is 0 Å². The van der Waals surface area contributed by atoms with Crippen molar-refractivity contribution in [2.45, 2.75) is 78.0 Å². The van der Waals surface area contributed by atoms with Crippen LogP contribution in [0.4, 0.5) is 10.5 Å². The maximum atomic E-state index is 13.3. The predicted molar refractivity (Wildman–Crippen MR) is 114 cm³/mol. The van der Waals surface area contributed by atoms with Crippen LogP contribution in [-0.4, -0.2) is 28.1 Å². The third kappa shape index (κ3) is 5.16. The van der Waals surface area contributed by atoms with Gasteiger partial charge >= 0.3 is 6.03 Å².